The molecule has 0 atom stereocenters. The predicted octanol–water partition coefficient (Wildman–Crippen LogP) is 4.64. The van der Waals surface area contributed by atoms with Crippen molar-refractivity contribution in [2.24, 2.45) is 0 Å². The molecule has 3 rings (SSSR count). The van der Waals surface area contributed by atoms with Gasteiger partial charge in [-0.15, -0.1) is 0 Å². The van der Waals surface area contributed by atoms with Crippen LogP contribution in [-0.4, -0.2) is 12.6 Å². The lowest BCUT2D eigenvalue weighted by atomic mass is 9.89. The standard InChI is InChI=1S/C19H21NO/c1-13-5-7-14(8-6-13)17-12-19(2,3)21-18-11-15(20-4)9-10-16(17)18/h5-12,20H,1-4H3. The normalized spacial score (nSPS) is 15.7. The van der Waals surface area contributed by atoms with Crippen molar-refractivity contribution in [2.75, 3.05) is 12.4 Å². The highest BCUT2D eigenvalue weighted by Gasteiger charge is 2.27. The van der Waals surface area contributed by atoms with Gasteiger partial charge >= 0.3 is 0 Å². The van der Waals surface area contributed by atoms with E-state index in [-0.39, 0.29) is 5.60 Å². The van der Waals surface area contributed by atoms with Crippen molar-refractivity contribution in [1.82, 2.24) is 0 Å². The number of hydrogen-bond donors (Lipinski definition) is 1. The van der Waals surface area contributed by atoms with E-state index in [1.807, 2.05) is 7.05 Å². The summed E-state index contributed by atoms with van der Waals surface area (Å²) in [5.74, 6) is 0.935. The number of aryl methyl sites for hydroxylation is 1. The zero-order valence-electron chi connectivity index (χ0n) is 13.0. The number of anilines is 1. The van der Waals surface area contributed by atoms with Gasteiger partial charge in [0.1, 0.15) is 11.4 Å². The Balaban J connectivity index is 2.15. The van der Waals surface area contributed by atoms with Crippen LogP contribution in [0, 0.1) is 6.92 Å². The molecule has 1 heterocycles. The van der Waals surface area contributed by atoms with Crippen molar-refractivity contribution in [3.63, 3.8) is 0 Å². The molecule has 0 amide bonds. The quantitative estimate of drug-likeness (QED) is 0.864. The third kappa shape index (κ3) is 2.66. The van der Waals surface area contributed by atoms with Crippen molar-refractivity contribution < 1.29 is 4.74 Å². The molecule has 1 aliphatic rings. The molecular weight excluding hydrogens is 258 g/mol. The van der Waals surface area contributed by atoms with Gasteiger partial charge in [-0.2, -0.15) is 0 Å². The molecule has 2 heteroatoms. The molecule has 0 unspecified atom stereocenters. The maximum absolute atomic E-state index is 6.12. The topological polar surface area (TPSA) is 21.3 Å². The first kappa shape index (κ1) is 13.7. The molecule has 0 saturated heterocycles. The van der Waals surface area contributed by atoms with Crippen molar-refractivity contribution in [3.05, 3.63) is 65.2 Å². The van der Waals surface area contributed by atoms with E-state index in [9.17, 15) is 0 Å². The van der Waals surface area contributed by atoms with E-state index in [0.717, 1.165) is 17.0 Å². The largest absolute Gasteiger partial charge is 0.483 e. The Kier molecular flexibility index (Phi) is 3.25. The Hall–Kier alpha value is -2.22. The third-order valence-electron chi connectivity index (χ3n) is 3.79. The summed E-state index contributed by atoms with van der Waals surface area (Å²) in [7, 11) is 1.92. The Morgan fingerprint density at radius 2 is 1.71 bits per heavy atom. The average Bonchev–Trinajstić information content (AvgIpc) is 2.45. The monoisotopic (exact) mass is 279 g/mol. The molecule has 0 spiro atoms. The Morgan fingerprint density at radius 3 is 2.38 bits per heavy atom. The van der Waals surface area contributed by atoms with Crippen LogP contribution >= 0.6 is 0 Å². The van der Waals surface area contributed by atoms with E-state index in [1.54, 1.807) is 0 Å². The summed E-state index contributed by atoms with van der Waals surface area (Å²) in [4.78, 5) is 0. The van der Waals surface area contributed by atoms with E-state index in [4.69, 9.17) is 4.74 Å². The first-order valence-corrected chi connectivity index (χ1v) is 7.29. The Labute approximate surface area is 126 Å². The number of rotatable bonds is 2. The average molecular weight is 279 g/mol. The second kappa shape index (κ2) is 4.96. The zero-order valence-corrected chi connectivity index (χ0v) is 13.0. The number of ether oxygens (including phenoxy) is 1. The maximum Gasteiger partial charge on any atom is 0.130 e. The van der Waals surface area contributed by atoms with E-state index < -0.39 is 0 Å². The van der Waals surface area contributed by atoms with E-state index in [0.29, 0.717) is 0 Å². The van der Waals surface area contributed by atoms with Crippen LogP contribution in [0.5, 0.6) is 5.75 Å². The van der Waals surface area contributed by atoms with Gasteiger partial charge in [-0.25, -0.2) is 0 Å². The third-order valence-corrected chi connectivity index (χ3v) is 3.79. The zero-order chi connectivity index (χ0) is 15.0. The summed E-state index contributed by atoms with van der Waals surface area (Å²) in [5.41, 5.74) is 5.65. The lowest BCUT2D eigenvalue weighted by Crippen LogP contribution is -2.29. The summed E-state index contributed by atoms with van der Waals surface area (Å²) in [6, 6.07) is 14.9. The molecule has 0 fully saturated rings. The minimum atomic E-state index is -0.306. The highest BCUT2D eigenvalue weighted by molar-refractivity contribution is 5.85. The van der Waals surface area contributed by atoms with Crippen molar-refractivity contribution >= 4 is 11.3 Å². The summed E-state index contributed by atoms with van der Waals surface area (Å²) < 4.78 is 6.12. The molecule has 0 bridgehead atoms. The number of fused-ring (bicyclic) bond motifs is 1. The molecule has 1 N–H and O–H groups in total. The molecule has 2 nitrogen and oxygen atoms in total. The van der Waals surface area contributed by atoms with Gasteiger partial charge in [-0.05, 0) is 50.1 Å². The van der Waals surface area contributed by atoms with E-state index in [2.05, 4.69) is 74.6 Å². The van der Waals surface area contributed by atoms with Gasteiger partial charge in [0, 0.05) is 24.4 Å². The number of nitrogens with one attached hydrogen (secondary N) is 1. The molecule has 0 saturated carbocycles. The van der Waals surface area contributed by atoms with Crippen LogP contribution in [0.15, 0.2) is 48.5 Å². The van der Waals surface area contributed by atoms with Crippen LogP contribution in [0.2, 0.25) is 0 Å². The molecule has 0 radical (unpaired) electrons. The molecule has 2 aromatic rings. The minimum Gasteiger partial charge on any atom is -0.483 e. The summed E-state index contributed by atoms with van der Waals surface area (Å²) in [5, 5.41) is 3.17. The fraction of sp³-hybridized carbons (Fsp3) is 0.263. The summed E-state index contributed by atoms with van der Waals surface area (Å²) in [6.45, 7) is 6.30. The molecular formula is C19H21NO. The van der Waals surface area contributed by atoms with Crippen LogP contribution < -0.4 is 10.1 Å². The highest BCUT2D eigenvalue weighted by atomic mass is 16.5. The molecule has 2 aromatic carbocycles. The molecule has 0 aliphatic carbocycles. The fourth-order valence-corrected chi connectivity index (χ4v) is 2.69. The van der Waals surface area contributed by atoms with E-state index in [1.165, 1.54) is 16.7 Å². The Morgan fingerprint density at radius 1 is 1.00 bits per heavy atom. The Bertz CT molecular complexity index is 696. The summed E-state index contributed by atoms with van der Waals surface area (Å²) in [6.07, 6.45) is 2.21. The van der Waals surface area contributed by atoms with Crippen LogP contribution in [-0.2, 0) is 0 Å². The summed E-state index contributed by atoms with van der Waals surface area (Å²) >= 11 is 0. The maximum atomic E-state index is 6.12. The van der Waals surface area contributed by atoms with Gasteiger partial charge in [0.15, 0.2) is 0 Å². The molecule has 108 valence electrons. The highest BCUT2D eigenvalue weighted by Crippen LogP contribution is 2.40. The smallest absolute Gasteiger partial charge is 0.130 e. The van der Waals surface area contributed by atoms with Crippen LogP contribution in [0.4, 0.5) is 5.69 Å². The van der Waals surface area contributed by atoms with Crippen LogP contribution in [0.3, 0.4) is 0 Å². The van der Waals surface area contributed by atoms with E-state index >= 15 is 0 Å². The second-order valence-corrected chi connectivity index (χ2v) is 6.09. The van der Waals surface area contributed by atoms with Gasteiger partial charge in [0.05, 0.1) is 0 Å². The van der Waals surface area contributed by atoms with Crippen molar-refractivity contribution in [3.8, 4) is 5.75 Å². The lowest BCUT2D eigenvalue weighted by Gasteiger charge is -2.31. The van der Waals surface area contributed by atoms with Crippen LogP contribution in [0.25, 0.3) is 5.57 Å². The predicted molar refractivity (Wildman–Crippen MR) is 89.0 cm³/mol. The molecule has 21 heavy (non-hydrogen) atoms. The van der Waals surface area contributed by atoms with Gasteiger partial charge in [0.2, 0.25) is 0 Å². The van der Waals surface area contributed by atoms with Gasteiger partial charge < -0.3 is 10.1 Å². The first-order valence-electron chi connectivity index (χ1n) is 7.29. The molecule has 1 aliphatic heterocycles. The second-order valence-electron chi connectivity index (χ2n) is 6.09. The lowest BCUT2D eigenvalue weighted by molar-refractivity contribution is 0.158. The minimum absolute atomic E-state index is 0.306. The first-order chi connectivity index (χ1) is 9.98. The number of hydrogen-bond acceptors (Lipinski definition) is 2. The number of benzene rings is 2. The SMILES string of the molecule is CNc1ccc2c(c1)OC(C)(C)C=C2c1ccc(C)cc1. The van der Waals surface area contributed by atoms with Gasteiger partial charge in [-0.3, -0.25) is 0 Å². The van der Waals surface area contributed by atoms with Crippen molar-refractivity contribution in [2.45, 2.75) is 26.4 Å². The molecule has 0 aromatic heterocycles. The van der Waals surface area contributed by atoms with Gasteiger partial charge in [-0.1, -0.05) is 29.8 Å². The van der Waals surface area contributed by atoms with Crippen LogP contribution in [0.1, 0.15) is 30.5 Å². The van der Waals surface area contributed by atoms with Crippen molar-refractivity contribution in [1.29, 1.82) is 0 Å². The fourth-order valence-electron chi connectivity index (χ4n) is 2.69. The van der Waals surface area contributed by atoms with Gasteiger partial charge in [0.25, 0.3) is 0 Å².